The smallest absolute Gasteiger partial charge is 0.173 e. The summed E-state index contributed by atoms with van der Waals surface area (Å²) in [7, 11) is 1.52. The van der Waals surface area contributed by atoms with Gasteiger partial charge in [0, 0.05) is 27.3 Å². The van der Waals surface area contributed by atoms with E-state index in [4.69, 9.17) is 16.0 Å². The summed E-state index contributed by atoms with van der Waals surface area (Å²) in [6.45, 7) is 0. The van der Waals surface area contributed by atoms with Crippen LogP contribution in [0.5, 0.6) is 0 Å². The molecule has 0 N–H and O–H groups in total. The number of nitrogens with zero attached hydrogens (tertiary/aromatic N) is 1. The second kappa shape index (κ2) is 3.43. The Morgan fingerprint density at radius 3 is 3.08 bits per heavy atom. The quantitative estimate of drug-likeness (QED) is 0.590. The molecule has 0 aliphatic carbocycles. The van der Waals surface area contributed by atoms with Gasteiger partial charge >= 0.3 is 0 Å². The van der Waals surface area contributed by atoms with Gasteiger partial charge in [0.1, 0.15) is 10.7 Å². The fourth-order valence-electron chi connectivity index (χ4n) is 0.914. The molecule has 2 aromatic rings. The van der Waals surface area contributed by atoms with Gasteiger partial charge < -0.3 is 4.42 Å². The minimum atomic E-state index is 0.494. The predicted octanol–water partition coefficient (Wildman–Crippen LogP) is 3.92. The zero-order valence-corrected chi connectivity index (χ0v) is 9.48. The SMILES string of the molecule is Clc1ccc2oc(SI)cc2n1. The van der Waals surface area contributed by atoms with Crippen LogP contribution in [0.3, 0.4) is 0 Å². The molecule has 2 aromatic heterocycles. The van der Waals surface area contributed by atoms with Gasteiger partial charge in [0.25, 0.3) is 0 Å². The topological polar surface area (TPSA) is 26.0 Å². The maximum atomic E-state index is 5.71. The molecule has 0 aromatic carbocycles. The van der Waals surface area contributed by atoms with Crippen molar-refractivity contribution in [1.29, 1.82) is 0 Å². The lowest BCUT2D eigenvalue weighted by Gasteiger charge is -1.86. The molecule has 2 heterocycles. The molecule has 0 saturated heterocycles. The monoisotopic (exact) mass is 311 g/mol. The van der Waals surface area contributed by atoms with Gasteiger partial charge in [-0.05, 0) is 21.1 Å². The lowest BCUT2D eigenvalue weighted by atomic mass is 10.4. The Bertz CT molecular complexity index is 417. The van der Waals surface area contributed by atoms with Gasteiger partial charge in [-0.1, -0.05) is 11.6 Å². The van der Waals surface area contributed by atoms with Gasteiger partial charge in [-0.15, -0.1) is 0 Å². The molecule has 0 fully saturated rings. The maximum Gasteiger partial charge on any atom is 0.173 e. The van der Waals surface area contributed by atoms with E-state index in [0.29, 0.717) is 5.15 Å². The highest BCUT2D eigenvalue weighted by Gasteiger charge is 2.03. The molecule has 0 amide bonds. The van der Waals surface area contributed by atoms with Crippen molar-refractivity contribution in [2.45, 2.75) is 5.09 Å². The first-order valence-corrected chi connectivity index (χ1v) is 6.88. The Balaban J connectivity index is 2.67. The first-order chi connectivity index (χ1) is 5.79. The van der Waals surface area contributed by atoms with E-state index in [-0.39, 0.29) is 0 Å². The Morgan fingerprint density at radius 2 is 2.33 bits per heavy atom. The second-order valence-electron chi connectivity index (χ2n) is 2.16. The number of furan rings is 1. The van der Waals surface area contributed by atoms with E-state index in [0.717, 1.165) is 16.2 Å². The molecule has 0 unspecified atom stereocenters. The van der Waals surface area contributed by atoms with E-state index in [1.54, 1.807) is 6.07 Å². The van der Waals surface area contributed by atoms with Gasteiger partial charge in [0.05, 0.1) is 0 Å². The maximum absolute atomic E-state index is 5.71. The Morgan fingerprint density at radius 1 is 1.50 bits per heavy atom. The molecule has 12 heavy (non-hydrogen) atoms. The highest BCUT2D eigenvalue weighted by atomic mass is 127. The van der Waals surface area contributed by atoms with Crippen LogP contribution < -0.4 is 0 Å². The summed E-state index contributed by atoms with van der Waals surface area (Å²) < 4.78 is 5.41. The summed E-state index contributed by atoms with van der Waals surface area (Å²) in [6.07, 6.45) is 0. The lowest BCUT2D eigenvalue weighted by molar-refractivity contribution is 0.517. The first-order valence-electron chi connectivity index (χ1n) is 3.14. The number of aromatic nitrogens is 1. The summed E-state index contributed by atoms with van der Waals surface area (Å²) in [4.78, 5) is 4.10. The summed E-state index contributed by atoms with van der Waals surface area (Å²) in [6, 6.07) is 5.41. The van der Waals surface area contributed by atoms with Crippen LogP contribution in [0.15, 0.2) is 27.7 Å². The van der Waals surface area contributed by atoms with Crippen molar-refractivity contribution in [1.82, 2.24) is 4.98 Å². The van der Waals surface area contributed by atoms with E-state index in [2.05, 4.69) is 26.2 Å². The Labute approximate surface area is 90.3 Å². The van der Waals surface area contributed by atoms with E-state index >= 15 is 0 Å². The Hall–Kier alpha value is 0.0600. The van der Waals surface area contributed by atoms with Crippen LogP contribution in [0.4, 0.5) is 0 Å². The van der Waals surface area contributed by atoms with Crippen molar-refractivity contribution in [2.75, 3.05) is 0 Å². The molecule has 0 aliphatic heterocycles. The fraction of sp³-hybridized carbons (Fsp3) is 0. The number of rotatable bonds is 1. The molecule has 0 radical (unpaired) electrons. The van der Waals surface area contributed by atoms with Crippen LogP contribution in [0, 0.1) is 0 Å². The van der Waals surface area contributed by atoms with E-state index in [1.165, 1.54) is 8.93 Å². The molecular formula is C7H3ClINOS. The summed E-state index contributed by atoms with van der Waals surface area (Å²) in [5, 5.41) is 1.34. The van der Waals surface area contributed by atoms with Crippen LogP contribution in [0.25, 0.3) is 11.1 Å². The summed E-state index contributed by atoms with van der Waals surface area (Å²) in [5.74, 6) is 0. The zero-order valence-electron chi connectivity index (χ0n) is 5.75. The average Bonchev–Trinajstić information content (AvgIpc) is 2.46. The van der Waals surface area contributed by atoms with Gasteiger partial charge in [-0.2, -0.15) is 0 Å². The van der Waals surface area contributed by atoms with Crippen molar-refractivity contribution in [3.8, 4) is 0 Å². The number of fused-ring (bicyclic) bond motifs is 1. The highest BCUT2D eigenvalue weighted by Crippen LogP contribution is 2.30. The van der Waals surface area contributed by atoms with Crippen molar-refractivity contribution in [2.24, 2.45) is 0 Å². The third-order valence-electron chi connectivity index (χ3n) is 1.39. The van der Waals surface area contributed by atoms with Crippen LogP contribution >= 0.6 is 41.7 Å². The van der Waals surface area contributed by atoms with Crippen molar-refractivity contribution in [3.05, 3.63) is 23.4 Å². The minimum Gasteiger partial charge on any atom is -0.447 e. The lowest BCUT2D eigenvalue weighted by Crippen LogP contribution is -1.71. The van der Waals surface area contributed by atoms with Gasteiger partial charge in [0.15, 0.2) is 10.7 Å². The van der Waals surface area contributed by atoms with E-state index in [1.807, 2.05) is 12.1 Å². The molecule has 2 rings (SSSR count). The number of hydrogen-bond donors (Lipinski definition) is 0. The van der Waals surface area contributed by atoms with Crippen molar-refractivity contribution in [3.63, 3.8) is 0 Å². The van der Waals surface area contributed by atoms with Gasteiger partial charge in [-0.25, -0.2) is 4.98 Å². The zero-order chi connectivity index (χ0) is 8.55. The standard InChI is InChI=1S/C7H3ClINOS/c8-6-2-1-5-4(10-6)3-7(11-5)12-9/h1-3H. The van der Waals surface area contributed by atoms with Crippen molar-refractivity contribution >= 4 is 52.8 Å². The van der Waals surface area contributed by atoms with Crippen LogP contribution in [0.1, 0.15) is 0 Å². The Kier molecular flexibility index (Phi) is 2.47. The van der Waals surface area contributed by atoms with E-state index in [9.17, 15) is 0 Å². The molecule has 0 aliphatic rings. The van der Waals surface area contributed by atoms with Gasteiger partial charge in [0.2, 0.25) is 0 Å². The molecule has 2 nitrogen and oxygen atoms in total. The van der Waals surface area contributed by atoms with Crippen LogP contribution in [-0.2, 0) is 0 Å². The largest absolute Gasteiger partial charge is 0.447 e. The third-order valence-corrected chi connectivity index (χ3v) is 3.26. The van der Waals surface area contributed by atoms with Crippen LogP contribution in [0.2, 0.25) is 5.15 Å². The van der Waals surface area contributed by atoms with Crippen LogP contribution in [-0.4, -0.2) is 4.98 Å². The minimum absolute atomic E-state index is 0.494. The van der Waals surface area contributed by atoms with E-state index < -0.39 is 0 Å². The molecule has 62 valence electrons. The first kappa shape index (κ1) is 8.65. The normalized spacial score (nSPS) is 10.8. The highest BCUT2D eigenvalue weighted by molar-refractivity contribution is 14.2. The fourth-order valence-corrected chi connectivity index (χ4v) is 2.00. The molecule has 0 saturated carbocycles. The molecular weight excluding hydrogens is 309 g/mol. The summed E-state index contributed by atoms with van der Waals surface area (Å²) >= 11 is 7.87. The molecule has 5 heteroatoms. The molecule has 0 atom stereocenters. The predicted molar refractivity (Wildman–Crippen MR) is 58.9 cm³/mol. The van der Waals surface area contributed by atoms with Gasteiger partial charge in [-0.3, -0.25) is 0 Å². The average molecular weight is 312 g/mol. The third kappa shape index (κ3) is 1.55. The number of halogens is 2. The van der Waals surface area contributed by atoms with Crippen molar-refractivity contribution < 1.29 is 4.42 Å². The molecule has 0 bridgehead atoms. The summed E-state index contributed by atoms with van der Waals surface area (Å²) in [5.41, 5.74) is 1.58. The molecule has 0 spiro atoms. The number of hydrogen-bond acceptors (Lipinski definition) is 3. The second-order valence-corrected chi connectivity index (χ2v) is 4.43. The number of pyridine rings is 1.